The normalized spacial score (nSPS) is 56.3. The summed E-state index contributed by atoms with van der Waals surface area (Å²) in [4.78, 5) is 0. The van der Waals surface area contributed by atoms with Crippen molar-refractivity contribution in [2.24, 2.45) is 52.3 Å². The SMILES string of the molecule is C[C@@H](CC[C@@]1(O)O[C@H]2C[C@H]3[C@@H]4CC[C@H]5C[C@@H](O[C@@H]6O[C@H](CO[C@@H]7OC[C@@H](O)[C@H](O)[C@H]7O)[C@@H](O)[C@H](O)[C@H]6O)[C@H](O)C[C@]5(C)[C@H]4CC[C@]3(C)[C@H]2[C@@H]1C)CO[C@@H]1O[C@H](CO)[C@@H](O)[C@H](O)[C@H]1O. The van der Waals surface area contributed by atoms with E-state index in [9.17, 15) is 61.3 Å². The molecule has 19 nitrogen and oxygen atoms in total. The first-order valence-corrected chi connectivity index (χ1v) is 23.3. The van der Waals surface area contributed by atoms with E-state index in [1.165, 1.54) is 0 Å². The summed E-state index contributed by atoms with van der Waals surface area (Å²) < 4.78 is 40.9. The lowest BCUT2D eigenvalue weighted by Gasteiger charge is -2.62. The van der Waals surface area contributed by atoms with Crippen LogP contribution in [0.15, 0.2) is 0 Å². The highest BCUT2D eigenvalue weighted by Crippen LogP contribution is 2.71. The zero-order chi connectivity index (χ0) is 45.5. The maximum absolute atomic E-state index is 12.0. The summed E-state index contributed by atoms with van der Waals surface area (Å²) in [5.41, 5.74) is -0.225. The first-order valence-electron chi connectivity index (χ1n) is 23.3. The molecule has 27 atom stereocenters. The minimum absolute atomic E-state index is 0.0436. The monoisotopic (exact) mass is 906 g/mol. The van der Waals surface area contributed by atoms with E-state index in [0.29, 0.717) is 43.4 Å². The highest BCUT2D eigenvalue weighted by Gasteiger charge is 2.69. The Morgan fingerprint density at radius 1 is 0.698 bits per heavy atom. The molecule has 12 N–H and O–H groups in total. The number of aliphatic hydroxyl groups excluding tert-OH is 11. The van der Waals surface area contributed by atoms with E-state index in [2.05, 4.69) is 20.8 Å². The lowest BCUT2D eigenvalue weighted by Crippen LogP contribution is -2.62. The molecular weight excluding hydrogens is 832 g/mol. The van der Waals surface area contributed by atoms with Crippen LogP contribution in [0, 0.1) is 52.3 Å². The zero-order valence-electron chi connectivity index (χ0n) is 36.8. The van der Waals surface area contributed by atoms with Gasteiger partial charge >= 0.3 is 0 Å². The summed E-state index contributed by atoms with van der Waals surface area (Å²) in [7, 11) is 0. The number of fused-ring (bicyclic) bond motifs is 7. The van der Waals surface area contributed by atoms with Gasteiger partial charge < -0.3 is 94.4 Å². The maximum Gasteiger partial charge on any atom is 0.187 e. The molecule has 0 radical (unpaired) electrons. The van der Waals surface area contributed by atoms with Crippen molar-refractivity contribution >= 4 is 0 Å². The number of hydrogen-bond donors (Lipinski definition) is 12. The van der Waals surface area contributed by atoms with Crippen LogP contribution in [0.25, 0.3) is 0 Å². The van der Waals surface area contributed by atoms with Gasteiger partial charge in [-0.25, -0.2) is 0 Å². The molecule has 0 amide bonds. The molecule has 8 aliphatic rings. The van der Waals surface area contributed by atoms with Crippen LogP contribution in [0.4, 0.5) is 0 Å². The van der Waals surface area contributed by atoms with Gasteiger partial charge in [0.1, 0.15) is 67.1 Å². The first kappa shape index (κ1) is 48.7. The van der Waals surface area contributed by atoms with Gasteiger partial charge in [-0.1, -0.05) is 27.7 Å². The van der Waals surface area contributed by atoms with Crippen LogP contribution in [-0.4, -0.2) is 198 Å². The summed E-state index contributed by atoms with van der Waals surface area (Å²) in [5, 5.41) is 126. The Balaban J connectivity index is 0.848. The predicted molar refractivity (Wildman–Crippen MR) is 214 cm³/mol. The third-order valence-electron chi connectivity index (χ3n) is 17.6. The predicted octanol–water partition coefficient (Wildman–Crippen LogP) is -2.17. The van der Waals surface area contributed by atoms with Gasteiger partial charge in [0, 0.05) is 12.3 Å². The van der Waals surface area contributed by atoms with E-state index in [4.69, 9.17) is 33.2 Å². The van der Waals surface area contributed by atoms with Gasteiger partial charge in [0.25, 0.3) is 0 Å². The molecule has 0 spiro atoms. The third-order valence-corrected chi connectivity index (χ3v) is 17.6. The molecule has 0 aromatic heterocycles. The van der Waals surface area contributed by atoms with Crippen LogP contribution in [0.1, 0.15) is 85.5 Å². The first-order chi connectivity index (χ1) is 29.7. The molecule has 4 heterocycles. The standard InChI is InChI=1S/C44H74O19/c1-18(15-57-40-37(54)34(51)32(49)28(14-45)61-40)7-10-44(56)19(2)30-27(63-44)12-23-21-6-5-20-11-26(24(46)13-43(20,4)22(21)8-9-42(23,30)3)60-41-38(55)35(52)33(50)29(62-41)17-59-39-36(53)31(48)25(47)16-58-39/h18-41,45-56H,5-17H2,1-4H3/t18-,19-,20-,21+,22-,23-,24+,25+,26+,27-,28+,29+,30-,31-,32+,33+,34-,35-,36+,37+,38+,39-,40+,41+,42-,43-,44+/m0/s1. The molecule has 8 fully saturated rings. The van der Waals surface area contributed by atoms with E-state index in [1.807, 2.05) is 6.92 Å². The van der Waals surface area contributed by atoms with E-state index in [1.54, 1.807) is 0 Å². The van der Waals surface area contributed by atoms with Crippen molar-refractivity contribution in [2.45, 2.75) is 196 Å². The molecule has 0 aromatic carbocycles. The van der Waals surface area contributed by atoms with Gasteiger partial charge in [-0.2, -0.15) is 0 Å². The van der Waals surface area contributed by atoms with E-state index in [-0.39, 0.29) is 53.8 Å². The minimum Gasteiger partial charge on any atom is -0.394 e. The molecule has 0 bridgehead atoms. The summed E-state index contributed by atoms with van der Waals surface area (Å²) in [5.74, 6) is 0.0396. The van der Waals surface area contributed by atoms with Gasteiger partial charge in [-0.15, -0.1) is 0 Å². The fourth-order valence-corrected chi connectivity index (χ4v) is 13.8. The number of rotatable bonds is 12. The molecule has 0 unspecified atom stereocenters. The van der Waals surface area contributed by atoms with Crippen LogP contribution in [0.5, 0.6) is 0 Å². The van der Waals surface area contributed by atoms with Crippen molar-refractivity contribution < 1.29 is 94.4 Å². The molecule has 364 valence electrons. The van der Waals surface area contributed by atoms with Crippen molar-refractivity contribution in [3.63, 3.8) is 0 Å². The molecule has 19 heteroatoms. The topological polar surface area (TPSA) is 307 Å². The Hall–Kier alpha value is -0.760. The average molecular weight is 907 g/mol. The van der Waals surface area contributed by atoms with Gasteiger partial charge in [-0.3, -0.25) is 0 Å². The second-order valence-corrected chi connectivity index (χ2v) is 21.2. The second-order valence-electron chi connectivity index (χ2n) is 21.2. The second kappa shape index (κ2) is 18.6. The zero-order valence-corrected chi connectivity index (χ0v) is 36.8. The highest BCUT2D eigenvalue weighted by atomic mass is 16.7. The maximum atomic E-state index is 12.0. The Kier molecular flexibility index (Phi) is 14.4. The number of hydrogen-bond acceptors (Lipinski definition) is 19. The molecule has 4 aliphatic heterocycles. The lowest BCUT2D eigenvalue weighted by molar-refractivity contribution is -0.336. The van der Waals surface area contributed by atoms with Crippen LogP contribution in [0.3, 0.4) is 0 Å². The van der Waals surface area contributed by atoms with Crippen LogP contribution in [-0.2, 0) is 33.2 Å². The highest BCUT2D eigenvalue weighted by molar-refractivity contribution is 5.15. The molecule has 4 aliphatic carbocycles. The summed E-state index contributed by atoms with van der Waals surface area (Å²) in [6.07, 6.45) is -14.9. The number of aliphatic hydroxyl groups is 12. The molecule has 4 saturated carbocycles. The smallest absolute Gasteiger partial charge is 0.187 e. The van der Waals surface area contributed by atoms with Gasteiger partial charge in [-0.05, 0) is 97.7 Å². The van der Waals surface area contributed by atoms with Crippen LogP contribution < -0.4 is 0 Å². The van der Waals surface area contributed by atoms with E-state index >= 15 is 0 Å². The van der Waals surface area contributed by atoms with Gasteiger partial charge in [0.15, 0.2) is 24.7 Å². The Morgan fingerprint density at radius 3 is 2.08 bits per heavy atom. The molecule has 4 saturated heterocycles. The third kappa shape index (κ3) is 8.69. The quantitative estimate of drug-likeness (QED) is 0.0928. The Labute approximate surface area is 368 Å². The molecule has 8 rings (SSSR count). The summed E-state index contributed by atoms with van der Waals surface area (Å²) in [6.45, 7) is 7.67. The van der Waals surface area contributed by atoms with Crippen molar-refractivity contribution in [3.05, 3.63) is 0 Å². The van der Waals surface area contributed by atoms with Crippen LogP contribution >= 0.6 is 0 Å². The number of ether oxygens (including phenoxy) is 7. The largest absolute Gasteiger partial charge is 0.394 e. The van der Waals surface area contributed by atoms with E-state index in [0.717, 1.165) is 32.1 Å². The Bertz CT molecular complexity index is 1550. The van der Waals surface area contributed by atoms with E-state index < -0.39 is 117 Å². The molecular formula is C44H74O19. The fourth-order valence-electron chi connectivity index (χ4n) is 13.8. The van der Waals surface area contributed by atoms with Crippen molar-refractivity contribution in [2.75, 3.05) is 26.4 Å². The van der Waals surface area contributed by atoms with Crippen molar-refractivity contribution in [3.8, 4) is 0 Å². The van der Waals surface area contributed by atoms with Gasteiger partial charge in [0.05, 0.1) is 44.7 Å². The summed E-state index contributed by atoms with van der Waals surface area (Å²) in [6, 6.07) is 0. The van der Waals surface area contributed by atoms with Crippen LogP contribution in [0.2, 0.25) is 0 Å². The fraction of sp³-hybridized carbons (Fsp3) is 1.00. The van der Waals surface area contributed by atoms with Crippen molar-refractivity contribution in [1.82, 2.24) is 0 Å². The Morgan fingerprint density at radius 2 is 1.37 bits per heavy atom. The average Bonchev–Trinajstić information content (AvgIpc) is 3.69. The summed E-state index contributed by atoms with van der Waals surface area (Å²) >= 11 is 0. The van der Waals surface area contributed by atoms with Crippen molar-refractivity contribution in [1.29, 1.82) is 0 Å². The molecule has 63 heavy (non-hydrogen) atoms. The minimum atomic E-state index is -1.66. The molecule has 0 aromatic rings. The lowest BCUT2D eigenvalue weighted by atomic mass is 9.44. The van der Waals surface area contributed by atoms with Gasteiger partial charge in [0.2, 0.25) is 0 Å².